The zero-order chi connectivity index (χ0) is 18.3. The molecule has 23 heavy (non-hydrogen) atoms. The Morgan fingerprint density at radius 1 is 1.09 bits per heavy atom. The fourth-order valence-electron chi connectivity index (χ4n) is 2.77. The highest BCUT2D eigenvalue weighted by atomic mass is 28.3. The van der Waals surface area contributed by atoms with Gasteiger partial charge in [-0.1, -0.05) is 72.5 Å². The number of nitrogens with zero attached hydrogens (tertiary/aromatic N) is 1. The predicted molar refractivity (Wildman–Crippen MR) is 105 cm³/mol. The lowest BCUT2D eigenvalue weighted by atomic mass is 9.86. The van der Waals surface area contributed by atoms with Crippen molar-refractivity contribution in [3.63, 3.8) is 0 Å². The molecule has 1 nitrogen and oxygen atoms in total. The maximum absolute atomic E-state index is 8.59. The summed E-state index contributed by atoms with van der Waals surface area (Å²) < 4.78 is 8.59. The lowest BCUT2D eigenvalue weighted by Crippen LogP contribution is -2.40. The Labute approximate surface area is 144 Å². The molecule has 1 aromatic carbocycles. The summed E-state index contributed by atoms with van der Waals surface area (Å²) in [5.74, 6) is -0.616. The summed E-state index contributed by atoms with van der Waals surface area (Å²) in [5.41, 5.74) is 4.65. The Balaban J connectivity index is 2.62. The van der Waals surface area contributed by atoms with Crippen LogP contribution in [0.25, 0.3) is 11.3 Å². The van der Waals surface area contributed by atoms with Gasteiger partial charge in [-0.25, -0.2) is 0 Å². The minimum atomic E-state index is -1.53. The first-order valence-electron chi connectivity index (χ1n) is 8.92. The van der Waals surface area contributed by atoms with Crippen molar-refractivity contribution in [2.24, 2.45) is 0 Å². The molecule has 0 fully saturated rings. The third-order valence-electron chi connectivity index (χ3n) is 4.28. The molecule has 1 aromatic heterocycles. The summed E-state index contributed by atoms with van der Waals surface area (Å²) in [5, 5.41) is 1.29. The van der Waals surface area contributed by atoms with Crippen LogP contribution >= 0.6 is 0 Å². The summed E-state index contributed by atoms with van der Waals surface area (Å²) in [4.78, 5) is 4.76. The van der Waals surface area contributed by atoms with Crippen molar-refractivity contribution in [3.8, 4) is 11.3 Å². The second kappa shape index (κ2) is 6.24. The Morgan fingerprint density at radius 2 is 1.74 bits per heavy atom. The van der Waals surface area contributed by atoms with Crippen LogP contribution in [0, 0.1) is 0 Å². The van der Waals surface area contributed by atoms with Crippen molar-refractivity contribution in [3.05, 3.63) is 47.7 Å². The largest absolute Gasteiger partial charge is 0.256 e. The third-order valence-corrected chi connectivity index (χ3v) is 6.29. The van der Waals surface area contributed by atoms with Gasteiger partial charge in [-0.3, -0.25) is 4.98 Å². The van der Waals surface area contributed by atoms with Gasteiger partial charge in [0, 0.05) is 13.1 Å². The topological polar surface area (TPSA) is 12.9 Å². The molecule has 0 aliphatic heterocycles. The van der Waals surface area contributed by atoms with E-state index in [1.807, 2.05) is 20.0 Å². The molecule has 0 saturated carbocycles. The molecule has 0 bridgehead atoms. The maximum atomic E-state index is 8.59. The van der Waals surface area contributed by atoms with Crippen LogP contribution in [0.3, 0.4) is 0 Å². The molecule has 0 unspecified atom stereocenters. The molecule has 0 N–H and O–H groups in total. The molecular weight excluding hydrogens is 294 g/mol. The molecule has 0 saturated heterocycles. The number of rotatable bonds is 3. The van der Waals surface area contributed by atoms with Crippen LogP contribution in [0.2, 0.25) is 19.6 Å². The fourth-order valence-corrected chi connectivity index (χ4v) is 4.35. The van der Waals surface area contributed by atoms with Gasteiger partial charge in [-0.2, -0.15) is 0 Å². The molecule has 0 radical (unpaired) electrons. The van der Waals surface area contributed by atoms with E-state index < -0.39 is 14.0 Å². The molecule has 0 aliphatic carbocycles. The minimum Gasteiger partial charge on any atom is -0.256 e. The maximum Gasteiger partial charge on any atom is 0.0799 e. The fraction of sp³-hybridized carbons (Fsp3) is 0.476. The number of pyridine rings is 1. The van der Waals surface area contributed by atoms with Crippen LogP contribution < -0.4 is 5.19 Å². The summed E-state index contributed by atoms with van der Waals surface area (Å²) in [6.45, 7) is 17.6. The monoisotopic (exact) mass is 326 g/mol. The molecule has 2 rings (SSSR count). The van der Waals surface area contributed by atoms with Crippen molar-refractivity contribution in [2.75, 3.05) is 0 Å². The van der Waals surface area contributed by atoms with Crippen LogP contribution in [-0.2, 0) is 5.41 Å². The molecule has 2 aromatic rings. The number of aromatic nitrogens is 1. The highest BCUT2D eigenvalue weighted by Crippen LogP contribution is 2.28. The van der Waals surface area contributed by atoms with Crippen LogP contribution in [0.4, 0.5) is 0 Å². The lowest BCUT2D eigenvalue weighted by molar-refractivity contribution is 0.590. The number of hydrogen-bond acceptors (Lipinski definition) is 1. The molecule has 0 spiro atoms. The summed E-state index contributed by atoms with van der Waals surface area (Å²) in [6.07, 6.45) is 2.02. The first-order chi connectivity index (χ1) is 10.8. The standard InChI is InChI=1S/C21H31NSi/c1-15(2)18-13-19(22-14-20(18)23(6,7)8)16-10-9-11-17(12-16)21(3,4)5/h9-15H,1-8H3/i15D. The van der Waals surface area contributed by atoms with E-state index in [2.05, 4.69) is 70.7 Å². The first kappa shape index (κ1) is 16.4. The molecule has 0 aliphatic rings. The SMILES string of the molecule is [2H]C(C)(C)c1cc(-c2cccc(C(C)(C)C)c2)ncc1[Si](C)(C)C. The van der Waals surface area contributed by atoms with Gasteiger partial charge in [0.25, 0.3) is 0 Å². The quantitative estimate of drug-likeness (QED) is 0.658. The smallest absolute Gasteiger partial charge is 0.0799 e. The van der Waals surface area contributed by atoms with Crippen molar-refractivity contribution in [2.45, 2.75) is 65.6 Å². The van der Waals surface area contributed by atoms with Crippen molar-refractivity contribution in [1.29, 1.82) is 0 Å². The molecule has 124 valence electrons. The van der Waals surface area contributed by atoms with Crippen LogP contribution in [0.1, 0.15) is 53.0 Å². The Kier molecular flexibility index (Phi) is 4.46. The Morgan fingerprint density at radius 3 is 2.26 bits per heavy atom. The zero-order valence-corrected chi connectivity index (χ0v) is 16.9. The van der Waals surface area contributed by atoms with E-state index in [0.717, 1.165) is 16.8 Å². The third kappa shape index (κ3) is 4.11. The van der Waals surface area contributed by atoms with Gasteiger partial charge >= 0.3 is 0 Å². The number of hydrogen-bond donors (Lipinski definition) is 0. The van der Waals surface area contributed by atoms with E-state index in [1.165, 1.54) is 10.8 Å². The van der Waals surface area contributed by atoms with Crippen molar-refractivity contribution < 1.29 is 1.37 Å². The van der Waals surface area contributed by atoms with Crippen molar-refractivity contribution in [1.82, 2.24) is 4.98 Å². The summed E-state index contributed by atoms with van der Waals surface area (Å²) in [7, 11) is -1.53. The average molecular weight is 327 g/mol. The van der Waals surface area contributed by atoms with Crippen LogP contribution in [-0.4, -0.2) is 13.1 Å². The molecule has 0 amide bonds. The van der Waals surface area contributed by atoms with E-state index in [9.17, 15) is 0 Å². The highest BCUT2D eigenvalue weighted by molar-refractivity contribution is 6.89. The summed E-state index contributed by atoms with van der Waals surface area (Å²) >= 11 is 0. The predicted octanol–water partition coefficient (Wildman–Crippen LogP) is 5.71. The van der Waals surface area contributed by atoms with Gasteiger partial charge in [0.1, 0.15) is 0 Å². The Bertz CT molecular complexity index is 731. The average Bonchev–Trinajstić information content (AvgIpc) is 2.44. The van der Waals surface area contributed by atoms with Gasteiger partial charge in [-0.05, 0) is 39.8 Å². The van der Waals surface area contributed by atoms with Gasteiger partial charge in [0.05, 0.1) is 13.8 Å². The highest BCUT2D eigenvalue weighted by Gasteiger charge is 2.23. The van der Waals surface area contributed by atoms with Gasteiger partial charge in [0.2, 0.25) is 0 Å². The second-order valence-corrected chi connectivity index (χ2v) is 13.7. The summed E-state index contributed by atoms with van der Waals surface area (Å²) in [6, 6.07) is 10.8. The van der Waals surface area contributed by atoms with Crippen LogP contribution in [0.5, 0.6) is 0 Å². The lowest BCUT2D eigenvalue weighted by Gasteiger charge is -2.24. The van der Waals surface area contributed by atoms with Crippen LogP contribution in [0.15, 0.2) is 36.5 Å². The van der Waals surface area contributed by atoms with Crippen molar-refractivity contribution >= 4 is 13.3 Å². The number of benzene rings is 1. The van der Waals surface area contributed by atoms with E-state index in [4.69, 9.17) is 6.35 Å². The Hall–Kier alpha value is -1.41. The molecule has 0 atom stereocenters. The van der Waals surface area contributed by atoms with Gasteiger partial charge in [-0.15, -0.1) is 0 Å². The molecular formula is C21H31NSi. The zero-order valence-electron chi connectivity index (χ0n) is 16.9. The van der Waals surface area contributed by atoms with E-state index in [1.54, 1.807) is 0 Å². The minimum absolute atomic E-state index is 0.117. The van der Waals surface area contributed by atoms with E-state index in [-0.39, 0.29) is 5.41 Å². The first-order valence-corrected chi connectivity index (χ1v) is 11.9. The molecule has 2 heteroatoms. The van der Waals surface area contributed by atoms with Gasteiger partial charge in [0.15, 0.2) is 0 Å². The second-order valence-electron chi connectivity index (χ2n) is 8.70. The van der Waals surface area contributed by atoms with E-state index in [0.29, 0.717) is 0 Å². The molecule has 1 heterocycles. The van der Waals surface area contributed by atoms with Gasteiger partial charge < -0.3 is 0 Å². The van der Waals surface area contributed by atoms with E-state index >= 15 is 0 Å². The normalized spacial score (nSPS) is 13.8.